The highest BCUT2D eigenvalue weighted by molar-refractivity contribution is 5.84. The van der Waals surface area contributed by atoms with Gasteiger partial charge in [0.25, 0.3) is 5.56 Å². The Bertz CT molecular complexity index is 793. The second-order valence-corrected chi connectivity index (χ2v) is 7.63. The molecule has 1 aliphatic carbocycles. The molecule has 2 aromatic rings. The summed E-state index contributed by atoms with van der Waals surface area (Å²) in [5.74, 6) is 0.295. The molecule has 2 aromatic heterocycles. The highest BCUT2D eigenvalue weighted by Gasteiger charge is 2.21. The van der Waals surface area contributed by atoms with Gasteiger partial charge in [0.1, 0.15) is 11.7 Å². The minimum atomic E-state index is -0.299. The van der Waals surface area contributed by atoms with E-state index in [-0.39, 0.29) is 17.0 Å². The van der Waals surface area contributed by atoms with Crippen LogP contribution >= 0.6 is 0 Å². The summed E-state index contributed by atoms with van der Waals surface area (Å²) >= 11 is 0. The number of fused-ring (bicyclic) bond motifs is 1. The molecule has 0 saturated heterocycles. The maximum Gasteiger partial charge on any atom is 0.283 e. The van der Waals surface area contributed by atoms with Gasteiger partial charge >= 0.3 is 0 Å². The Morgan fingerprint density at radius 1 is 1.29 bits per heavy atom. The van der Waals surface area contributed by atoms with E-state index in [0.29, 0.717) is 23.4 Å². The topological polar surface area (TPSA) is 81.8 Å². The predicted octanol–water partition coefficient (Wildman–Crippen LogP) is 2.39. The molecule has 0 aromatic carbocycles. The van der Waals surface area contributed by atoms with Crippen LogP contribution in [-0.4, -0.2) is 25.3 Å². The van der Waals surface area contributed by atoms with E-state index in [2.05, 4.69) is 15.5 Å². The Kier molecular flexibility index (Phi) is 4.43. The standard InChI is InChI=1S/C17H25N5O2/c1-17(2,3)22-15-13(10-19-22)16(24)21(11-18-15)20-14(23)9-12-7-5-4-6-8-12/h10-12H,4-9H2,1-3H3,(H,20,23). The molecule has 7 heteroatoms. The first-order chi connectivity index (χ1) is 11.4. The lowest BCUT2D eigenvalue weighted by atomic mass is 9.87. The van der Waals surface area contributed by atoms with E-state index in [9.17, 15) is 9.59 Å². The smallest absolute Gasteiger partial charge is 0.273 e. The van der Waals surface area contributed by atoms with Crippen LogP contribution in [0.3, 0.4) is 0 Å². The van der Waals surface area contributed by atoms with Crippen molar-refractivity contribution in [1.29, 1.82) is 0 Å². The maximum atomic E-state index is 12.6. The third kappa shape index (κ3) is 3.34. The van der Waals surface area contributed by atoms with Crippen molar-refractivity contribution in [2.45, 2.75) is 64.8 Å². The highest BCUT2D eigenvalue weighted by atomic mass is 16.2. The van der Waals surface area contributed by atoms with Gasteiger partial charge in [-0.05, 0) is 39.5 Å². The molecule has 0 aliphatic heterocycles. The lowest BCUT2D eigenvalue weighted by Crippen LogP contribution is -2.34. The van der Waals surface area contributed by atoms with E-state index in [0.717, 1.165) is 12.8 Å². The van der Waals surface area contributed by atoms with Crippen LogP contribution in [0.25, 0.3) is 11.0 Å². The van der Waals surface area contributed by atoms with Crippen molar-refractivity contribution >= 4 is 16.9 Å². The van der Waals surface area contributed by atoms with Crippen molar-refractivity contribution in [2.24, 2.45) is 5.92 Å². The highest BCUT2D eigenvalue weighted by Crippen LogP contribution is 2.26. The van der Waals surface area contributed by atoms with Gasteiger partial charge in [0, 0.05) is 6.42 Å². The lowest BCUT2D eigenvalue weighted by Gasteiger charge is -2.21. The molecule has 3 rings (SSSR count). The third-order valence-electron chi connectivity index (χ3n) is 4.57. The predicted molar refractivity (Wildman–Crippen MR) is 92.3 cm³/mol. The van der Waals surface area contributed by atoms with Crippen molar-refractivity contribution in [2.75, 3.05) is 5.43 Å². The fraction of sp³-hybridized carbons (Fsp3) is 0.647. The van der Waals surface area contributed by atoms with Crippen LogP contribution in [0.4, 0.5) is 0 Å². The molecule has 1 amide bonds. The Morgan fingerprint density at radius 2 is 2.00 bits per heavy atom. The normalized spacial score (nSPS) is 16.5. The summed E-state index contributed by atoms with van der Waals surface area (Å²) in [5.41, 5.74) is 2.63. The van der Waals surface area contributed by atoms with Gasteiger partial charge in [-0.15, -0.1) is 0 Å². The second kappa shape index (κ2) is 6.37. The summed E-state index contributed by atoms with van der Waals surface area (Å²) in [7, 11) is 0. The van der Waals surface area contributed by atoms with E-state index in [1.54, 1.807) is 4.68 Å². The van der Waals surface area contributed by atoms with E-state index in [4.69, 9.17) is 0 Å². The van der Waals surface area contributed by atoms with Gasteiger partial charge < -0.3 is 0 Å². The summed E-state index contributed by atoms with van der Waals surface area (Å²) in [6, 6.07) is 0. The molecule has 130 valence electrons. The first-order valence-electron chi connectivity index (χ1n) is 8.62. The van der Waals surface area contributed by atoms with Crippen molar-refractivity contribution in [3.8, 4) is 0 Å². The van der Waals surface area contributed by atoms with Gasteiger partial charge in [0.05, 0.1) is 11.7 Å². The molecule has 1 saturated carbocycles. The molecule has 0 bridgehead atoms. The van der Waals surface area contributed by atoms with E-state index in [1.807, 2.05) is 20.8 Å². The number of carbonyl (C=O) groups is 1. The molecule has 7 nitrogen and oxygen atoms in total. The molecular formula is C17H25N5O2. The number of amides is 1. The second-order valence-electron chi connectivity index (χ2n) is 7.63. The quantitative estimate of drug-likeness (QED) is 0.936. The average Bonchev–Trinajstić information content (AvgIpc) is 2.96. The summed E-state index contributed by atoms with van der Waals surface area (Å²) in [6.45, 7) is 6.00. The Balaban J connectivity index is 1.79. The Hall–Kier alpha value is -2.18. The molecule has 1 fully saturated rings. The number of hydrogen-bond acceptors (Lipinski definition) is 4. The van der Waals surface area contributed by atoms with Crippen LogP contribution < -0.4 is 11.0 Å². The van der Waals surface area contributed by atoms with Crippen LogP contribution in [0, 0.1) is 5.92 Å². The van der Waals surface area contributed by atoms with Gasteiger partial charge in [-0.1, -0.05) is 19.3 Å². The fourth-order valence-corrected chi connectivity index (χ4v) is 3.32. The molecule has 2 heterocycles. The van der Waals surface area contributed by atoms with E-state index in [1.165, 1.54) is 36.5 Å². The van der Waals surface area contributed by atoms with Crippen molar-refractivity contribution in [3.05, 3.63) is 22.9 Å². The summed E-state index contributed by atoms with van der Waals surface area (Å²) < 4.78 is 2.89. The van der Waals surface area contributed by atoms with Crippen LogP contribution in [0.2, 0.25) is 0 Å². The Morgan fingerprint density at radius 3 is 2.67 bits per heavy atom. The van der Waals surface area contributed by atoms with Crippen LogP contribution in [-0.2, 0) is 10.3 Å². The first kappa shape index (κ1) is 16.7. The van der Waals surface area contributed by atoms with Crippen LogP contribution in [0.15, 0.2) is 17.3 Å². The zero-order valence-corrected chi connectivity index (χ0v) is 14.6. The van der Waals surface area contributed by atoms with Gasteiger partial charge in [-0.3, -0.25) is 15.0 Å². The summed E-state index contributed by atoms with van der Waals surface area (Å²) in [6.07, 6.45) is 9.18. The molecule has 1 aliphatic rings. The van der Waals surface area contributed by atoms with Crippen molar-refractivity contribution in [1.82, 2.24) is 19.4 Å². The molecule has 0 spiro atoms. The number of hydrogen-bond donors (Lipinski definition) is 1. The number of aromatic nitrogens is 4. The monoisotopic (exact) mass is 331 g/mol. The minimum Gasteiger partial charge on any atom is -0.273 e. The van der Waals surface area contributed by atoms with Crippen LogP contribution in [0.5, 0.6) is 0 Å². The number of rotatable bonds is 3. The molecule has 0 radical (unpaired) electrons. The molecule has 0 atom stereocenters. The molecule has 24 heavy (non-hydrogen) atoms. The van der Waals surface area contributed by atoms with Gasteiger partial charge in [-0.25, -0.2) is 14.3 Å². The summed E-state index contributed by atoms with van der Waals surface area (Å²) in [4.78, 5) is 29.1. The van der Waals surface area contributed by atoms with Gasteiger partial charge in [-0.2, -0.15) is 5.10 Å². The zero-order chi connectivity index (χ0) is 17.3. The number of carbonyl (C=O) groups excluding carboxylic acids is 1. The Labute approximate surface area is 141 Å². The number of nitrogens with zero attached hydrogens (tertiary/aromatic N) is 4. The van der Waals surface area contributed by atoms with E-state index < -0.39 is 0 Å². The molecule has 0 unspecified atom stereocenters. The van der Waals surface area contributed by atoms with Crippen molar-refractivity contribution in [3.63, 3.8) is 0 Å². The van der Waals surface area contributed by atoms with E-state index >= 15 is 0 Å². The summed E-state index contributed by atoms with van der Waals surface area (Å²) in [5, 5.41) is 4.68. The third-order valence-corrected chi connectivity index (χ3v) is 4.57. The van der Waals surface area contributed by atoms with Gasteiger partial charge in [0.2, 0.25) is 5.91 Å². The minimum absolute atomic E-state index is 0.131. The molecule has 1 N–H and O–H groups in total. The largest absolute Gasteiger partial charge is 0.283 e. The van der Waals surface area contributed by atoms with Gasteiger partial charge in [0.15, 0.2) is 5.65 Å². The van der Waals surface area contributed by atoms with Crippen molar-refractivity contribution < 1.29 is 4.79 Å². The molecular weight excluding hydrogens is 306 g/mol. The first-order valence-corrected chi connectivity index (χ1v) is 8.62. The average molecular weight is 331 g/mol. The van der Waals surface area contributed by atoms with Crippen LogP contribution in [0.1, 0.15) is 59.3 Å². The fourth-order valence-electron chi connectivity index (χ4n) is 3.32. The maximum absolute atomic E-state index is 12.6. The number of nitrogens with one attached hydrogen (secondary N) is 1. The zero-order valence-electron chi connectivity index (χ0n) is 14.6. The lowest BCUT2D eigenvalue weighted by molar-refractivity contribution is -0.118. The SMILES string of the molecule is CC(C)(C)n1ncc2c(=O)n(NC(=O)CC3CCCCC3)cnc21.